The van der Waals surface area contributed by atoms with Gasteiger partial charge in [-0.25, -0.2) is 4.79 Å². The molecule has 0 spiro atoms. The Hall–Kier alpha value is -1.88. The van der Waals surface area contributed by atoms with Crippen molar-refractivity contribution in [2.24, 2.45) is 5.92 Å². The van der Waals surface area contributed by atoms with Gasteiger partial charge in [0.05, 0.1) is 6.61 Å². The standard InChI is InChI=1S/C17H21NO4/c1-11(22-10-12-6-7-12)16(19)18-9-14-5-3-2-4-13(14)8-15(18)17(20)21/h2-5,11-12,15H,6-10H2,1H3,(H,20,21). The van der Waals surface area contributed by atoms with Crippen molar-refractivity contribution in [3.8, 4) is 0 Å². The van der Waals surface area contributed by atoms with Gasteiger partial charge in [0.15, 0.2) is 0 Å². The number of carbonyl (C=O) groups is 2. The monoisotopic (exact) mass is 303 g/mol. The van der Waals surface area contributed by atoms with Crippen LogP contribution in [0.4, 0.5) is 0 Å². The molecular weight excluding hydrogens is 282 g/mol. The lowest BCUT2D eigenvalue weighted by Gasteiger charge is -2.35. The van der Waals surface area contributed by atoms with Crippen LogP contribution < -0.4 is 0 Å². The fraction of sp³-hybridized carbons (Fsp3) is 0.529. The Bertz CT molecular complexity index is 582. The second-order valence-corrected chi connectivity index (χ2v) is 6.21. The van der Waals surface area contributed by atoms with Crippen LogP contribution in [0.25, 0.3) is 0 Å². The molecular formula is C17H21NO4. The Morgan fingerprint density at radius 2 is 2.00 bits per heavy atom. The van der Waals surface area contributed by atoms with Gasteiger partial charge >= 0.3 is 5.97 Å². The van der Waals surface area contributed by atoms with E-state index in [1.54, 1.807) is 6.92 Å². The van der Waals surface area contributed by atoms with Gasteiger partial charge in [0.1, 0.15) is 12.1 Å². The van der Waals surface area contributed by atoms with Crippen LogP contribution in [0.1, 0.15) is 30.9 Å². The van der Waals surface area contributed by atoms with Crippen LogP contribution in [0, 0.1) is 5.92 Å². The average molecular weight is 303 g/mol. The van der Waals surface area contributed by atoms with E-state index >= 15 is 0 Å². The van der Waals surface area contributed by atoms with E-state index in [0.717, 1.165) is 24.0 Å². The normalized spacial score (nSPS) is 22.0. The van der Waals surface area contributed by atoms with Crippen LogP contribution in [0.3, 0.4) is 0 Å². The average Bonchev–Trinajstić information content (AvgIpc) is 3.34. The van der Waals surface area contributed by atoms with E-state index in [1.165, 1.54) is 4.90 Å². The zero-order valence-electron chi connectivity index (χ0n) is 12.7. The van der Waals surface area contributed by atoms with Gasteiger partial charge < -0.3 is 14.7 Å². The number of fused-ring (bicyclic) bond motifs is 1. The molecule has 0 bridgehead atoms. The Kier molecular flexibility index (Phi) is 4.16. The van der Waals surface area contributed by atoms with Crippen molar-refractivity contribution in [1.82, 2.24) is 4.90 Å². The number of aliphatic carboxylic acids is 1. The van der Waals surface area contributed by atoms with Gasteiger partial charge in [-0.15, -0.1) is 0 Å². The molecule has 1 aromatic carbocycles. The summed E-state index contributed by atoms with van der Waals surface area (Å²) in [6.45, 7) is 2.64. The molecule has 5 nitrogen and oxygen atoms in total. The quantitative estimate of drug-likeness (QED) is 0.901. The summed E-state index contributed by atoms with van der Waals surface area (Å²) in [7, 11) is 0. The second-order valence-electron chi connectivity index (χ2n) is 6.21. The predicted octanol–water partition coefficient (Wildman–Crippen LogP) is 1.84. The molecule has 0 radical (unpaired) electrons. The van der Waals surface area contributed by atoms with Gasteiger partial charge in [-0.3, -0.25) is 4.79 Å². The molecule has 2 unspecified atom stereocenters. The van der Waals surface area contributed by atoms with E-state index in [1.807, 2.05) is 24.3 Å². The van der Waals surface area contributed by atoms with E-state index in [-0.39, 0.29) is 5.91 Å². The van der Waals surface area contributed by atoms with Crippen molar-refractivity contribution in [3.05, 3.63) is 35.4 Å². The highest BCUT2D eigenvalue weighted by atomic mass is 16.5. The first-order chi connectivity index (χ1) is 10.6. The lowest BCUT2D eigenvalue weighted by molar-refractivity contribution is -0.157. The van der Waals surface area contributed by atoms with Gasteiger partial charge in [0.2, 0.25) is 0 Å². The predicted molar refractivity (Wildman–Crippen MR) is 80.3 cm³/mol. The Morgan fingerprint density at radius 1 is 1.32 bits per heavy atom. The van der Waals surface area contributed by atoms with Gasteiger partial charge in [0, 0.05) is 13.0 Å². The number of ether oxygens (including phenoxy) is 1. The maximum atomic E-state index is 12.6. The lowest BCUT2D eigenvalue weighted by atomic mass is 9.93. The highest BCUT2D eigenvalue weighted by Gasteiger charge is 2.36. The smallest absolute Gasteiger partial charge is 0.326 e. The van der Waals surface area contributed by atoms with Crippen LogP contribution in [-0.2, 0) is 27.3 Å². The van der Waals surface area contributed by atoms with Crippen molar-refractivity contribution < 1.29 is 19.4 Å². The molecule has 22 heavy (non-hydrogen) atoms. The Morgan fingerprint density at radius 3 is 2.64 bits per heavy atom. The molecule has 0 aromatic heterocycles. The summed E-state index contributed by atoms with van der Waals surface area (Å²) >= 11 is 0. The molecule has 1 aliphatic carbocycles. The molecule has 1 amide bonds. The second kappa shape index (κ2) is 6.08. The molecule has 2 aliphatic rings. The fourth-order valence-corrected chi connectivity index (χ4v) is 2.84. The molecule has 1 fully saturated rings. The minimum Gasteiger partial charge on any atom is -0.480 e. The minimum atomic E-state index is -0.961. The number of carboxylic acids is 1. The van der Waals surface area contributed by atoms with Crippen LogP contribution in [-0.4, -0.2) is 40.6 Å². The third kappa shape index (κ3) is 3.14. The van der Waals surface area contributed by atoms with Gasteiger partial charge in [-0.1, -0.05) is 24.3 Å². The summed E-state index contributed by atoms with van der Waals surface area (Å²) in [5, 5.41) is 9.46. The van der Waals surface area contributed by atoms with Crippen molar-refractivity contribution in [1.29, 1.82) is 0 Å². The summed E-state index contributed by atoms with van der Waals surface area (Å²) in [5.41, 5.74) is 2.02. The Balaban J connectivity index is 1.74. The zero-order valence-corrected chi connectivity index (χ0v) is 12.7. The Labute approximate surface area is 129 Å². The molecule has 2 atom stereocenters. The van der Waals surface area contributed by atoms with Gasteiger partial charge in [-0.2, -0.15) is 0 Å². The lowest BCUT2D eigenvalue weighted by Crippen LogP contribution is -2.51. The summed E-state index contributed by atoms with van der Waals surface area (Å²) in [5.74, 6) is -0.618. The molecule has 1 N–H and O–H groups in total. The first-order valence-corrected chi connectivity index (χ1v) is 7.78. The van der Waals surface area contributed by atoms with Crippen molar-refractivity contribution in [3.63, 3.8) is 0 Å². The maximum absolute atomic E-state index is 12.6. The number of hydrogen-bond donors (Lipinski definition) is 1. The number of amides is 1. The number of carbonyl (C=O) groups excluding carboxylic acids is 1. The number of nitrogens with zero attached hydrogens (tertiary/aromatic N) is 1. The SMILES string of the molecule is CC(OCC1CC1)C(=O)N1Cc2ccccc2CC1C(=O)O. The highest BCUT2D eigenvalue weighted by molar-refractivity contribution is 5.87. The molecule has 1 aliphatic heterocycles. The van der Waals surface area contributed by atoms with Crippen LogP contribution in [0.2, 0.25) is 0 Å². The van der Waals surface area contributed by atoms with E-state index in [9.17, 15) is 14.7 Å². The van der Waals surface area contributed by atoms with Crippen LogP contribution in [0.5, 0.6) is 0 Å². The van der Waals surface area contributed by atoms with E-state index in [0.29, 0.717) is 25.5 Å². The van der Waals surface area contributed by atoms with Crippen molar-refractivity contribution >= 4 is 11.9 Å². The number of hydrogen-bond acceptors (Lipinski definition) is 3. The minimum absolute atomic E-state index is 0.234. The molecule has 0 saturated heterocycles. The largest absolute Gasteiger partial charge is 0.480 e. The van der Waals surface area contributed by atoms with Crippen molar-refractivity contribution in [2.75, 3.05) is 6.61 Å². The third-order valence-corrected chi connectivity index (χ3v) is 4.44. The van der Waals surface area contributed by atoms with Crippen LogP contribution >= 0.6 is 0 Å². The molecule has 3 rings (SSSR count). The third-order valence-electron chi connectivity index (χ3n) is 4.44. The summed E-state index contributed by atoms with van der Waals surface area (Å²) in [6, 6.07) is 6.88. The number of carboxylic acid groups (broad SMARTS) is 1. The number of rotatable bonds is 5. The first kappa shape index (κ1) is 15.0. The highest BCUT2D eigenvalue weighted by Crippen LogP contribution is 2.30. The molecule has 118 valence electrons. The van der Waals surface area contributed by atoms with E-state index in [2.05, 4.69) is 0 Å². The van der Waals surface area contributed by atoms with Crippen LogP contribution in [0.15, 0.2) is 24.3 Å². The molecule has 1 saturated carbocycles. The summed E-state index contributed by atoms with van der Waals surface area (Å²) < 4.78 is 5.61. The van der Waals surface area contributed by atoms with Gasteiger partial charge in [0.25, 0.3) is 5.91 Å². The first-order valence-electron chi connectivity index (χ1n) is 7.78. The molecule has 1 aromatic rings. The summed E-state index contributed by atoms with van der Waals surface area (Å²) in [4.78, 5) is 25.6. The van der Waals surface area contributed by atoms with Gasteiger partial charge in [-0.05, 0) is 36.8 Å². The molecule has 1 heterocycles. The van der Waals surface area contributed by atoms with E-state index in [4.69, 9.17) is 4.74 Å². The number of benzene rings is 1. The maximum Gasteiger partial charge on any atom is 0.326 e. The zero-order chi connectivity index (χ0) is 15.7. The topological polar surface area (TPSA) is 66.8 Å². The van der Waals surface area contributed by atoms with E-state index < -0.39 is 18.1 Å². The summed E-state index contributed by atoms with van der Waals surface area (Å²) in [6.07, 6.45) is 2.09. The molecule has 5 heteroatoms. The fourth-order valence-electron chi connectivity index (χ4n) is 2.84. The van der Waals surface area contributed by atoms with Crippen molar-refractivity contribution in [2.45, 2.75) is 44.9 Å².